The number of ether oxygens (including phenoxy) is 1. The quantitative estimate of drug-likeness (QED) is 0.0647. The predicted octanol–water partition coefficient (Wildman–Crippen LogP) is 6.81. The van der Waals surface area contributed by atoms with Crippen LogP contribution in [0.25, 0.3) is 0 Å². The van der Waals surface area contributed by atoms with Gasteiger partial charge in [-0.3, -0.25) is 4.79 Å². The molecule has 0 spiro atoms. The van der Waals surface area contributed by atoms with Crippen LogP contribution in [0.15, 0.2) is 94.9 Å². The van der Waals surface area contributed by atoms with Crippen molar-refractivity contribution in [3.63, 3.8) is 0 Å². The summed E-state index contributed by atoms with van der Waals surface area (Å²) < 4.78 is 138. The molecule has 272 valence electrons. The second-order valence-corrected chi connectivity index (χ2v) is 14.8. The molecule has 5 rings (SSSR count). The smallest absolute Gasteiger partial charge is 0.340 e. The van der Waals surface area contributed by atoms with E-state index in [0.717, 1.165) is 61.7 Å². The Morgan fingerprint density at radius 1 is 0.654 bits per heavy atom. The van der Waals surface area contributed by atoms with Crippen LogP contribution >= 0.6 is 11.6 Å². The predicted molar refractivity (Wildman–Crippen MR) is 174 cm³/mol. The Morgan fingerprint density at radius 2 is 1.08 bits per heavy atom. The molecule has 52 heavy (non-hydrogen) atoms. The second-order valence-electron chi connectivity index (χ2n) is 10.6. The van der Waals surface area contributed by atoms with Crippen LogP contribution in [-0.4, -0.2) is 45.7 Å². The summed E-state index contributed by atoms with van der Waals surface area (Å²) in [6.07, 6.45) is 1.04. The molecule has 0 aliphatic heterocycles. The lowest BCUT2D eigenvalue weighted by Crippen LogP contribution is -2.13. The number of esters is 1. The summed E-state index contributed by atoms with van der Waals surface area (Å²) in [5, 5.41) is -0.0810. The van der Waals surface area contributed by atoms with Gasteiger partial charge in [0.1, 0.15) is 44.7 Å². The number of halogens is 7. The molecule has 1 heterocycles. The lowest BCUT2D eigenvalue weighted by atomic mass is 10.0. The first-order chi connectivity index (χ1) is 24.5. The number of sulfone groups is 2. The third-order valence-electron chi connectivity index (χ3n) is 7.04. The molecule has 9 nitrogen and oxygen atoms in total. The normalized spacial score (nSPS) is 11.4. The van der Waals surface area contributed by atoms with Gasteiger partial charge in [0.25, 0.3) is 0 Å². The largest absolute Gasteiger partial charge is 0.465 e. The van der Waals surface area contributed by atoms with E-state index in [1.54, 1.807) is 0 Å². The van der Waals surface area contributed by atoms with E-state index in [1.807, 2.05) is 0 Å². The van der Waals surface area contributed by atoms with E-state index in [9.17, 15) is 52.8 Å². The molecule has 0 saturated carbocycles. The highest BCUT2D eigenvalue weighted by molar-refractivity contribution is 7.91. The first-order valence-corrected chi connectivity index (χ1v) is 18.1. The number of rotatable bonds is 10. The van der Waals surface area contributed by atoms with Gasteiger partial charge >= 0.3 is 5.97 Å². The van der Waals surface area contributed by atoms with Crippen molar-refractivity contribution >= 4 is 43.0 Å². The van der Waals surface area contributed by atoms with Crippen LogP contribution in [0.5, 0.6) is 0 Å². The van der Waals surface area contributed by atoms with Crippen molar-refractivity contribution in [3.8, 4) is 0 Å². The summed E-state index contributed by atoms with van der Waals surface area (Å²) in [6, 6.07) is 13.7. The third kappa shape index (κ3) is 9.20. The number of Topliss-reactive ketones (excluding diaryl/α,β-unsaturated/α-hetero) is 1. The number of carbonyl (C=O) groups is 2. The zero-order valence-corrected chi connectivity index (χ0v) is 28.8. The topological polar surface area (TPSA) is 137 Å². The van der Waals surface area contributed by atoms with Crippen LogP contribution in [-0.2, 0) is 42.3 Å². The average molecular weight is 785 g/mol. The summed E-state index contributed by atoms with van der Waals surface area (Å²) in [7, 11) is -7.99. The van der Waals surface area contributed by atoms with Gasteiger partial charge in [-0.05, 0) is 54.1 Å². The maximum atomic E-state index is 14.8. The Kier molecular flexibility index (Phi) is 12.6. The molecule has 18 heteroatoms. The van der Waals surface area contributed by atoms with E-state index in [0.29, 0.717) is 0 Å². The van der Waals surface area contributed by atoms with Gasteiger partial charge < -0.3 is 4.74 Å². The van der Waals surface area contributed by atoms with E-state index < -0.39 is 98.8 Å². The number of benzene rings is 4. The number of methoxy groups -OCH3 is 1. The van der Waals surface area contributed by atoms with Crippen molar-refractivity contribution in [2.45, 2.75) is 27.7 Å². The standard InChI is InChI=1S/C19H12ClF3N2O3S.C15H11F3O4S/c20-19-24-8-7-12(25-19)9-16(26)13-4-1-3-11(17(13)23)10-29(27,28)18-14(21)5-2-6-15(18)22;1-22-15(19)10-5-2-4-9(13(10)18)8-23(20,21)14-11(16)6-3-7-12(14)17/h1-8H,9-10H2;2-7H,8H2,1H3. The number of hydrogen-bond acceptors (Lipinski definition) is 9. The summed E-state index contributed by atoms with van der Waals surface area (Å²) in [6.45, 7) is 0. The van der Waals surface area contributed by atoms with Crippen LogP contribution in [0.4, 0.5) is 26.3 Å². The van der Waals surface area contributed by atoms with Crippen molar-refractivity contribution in [1.29, 1.82) is 0 Å². The van der Waals surface area contributed by atoms with Crippen LogP contribution in [0.2, 0.25) is 5.28 Å². The van der Waals surface area contributed by atoms with Crippen molar-refractivity contribution in [3.05, 3.63) is 153 Å². The Bertz CT molecular complexity index is 2360. The van der Waals surface area contributed by atoms with Gasteiger partial charge in [-0.25, -0.2) is 57.9 Å². The van der Waals surface area contributed by atoms with E-state index >= 15 is 0 Å². The Labute approximate surface area is 297 Å². The third-order valence-corrected chi connectivity index (χ3v) is 10.6. The van der Waals surface area contributed by atoms with E-state index in [1.165, 1.54) is 30.5 Å². The Balaban J connectivity index is 0.000000239. The van der Waals surface area contributed by atoms with Gasteiger partial charge in [-0.15, -0.1) is 0 Å². The molecule has 0 saturated heterocycles. The maximum Gasteiger partial charge on any atom is 0.340 e. The lowest BCUT2D eigenvalue weighted by Gasteiger charge is -2.10. The molecule has 0 unspecified atom stereocenters. The minimum atomic E-state index is -4.54. The van der Waals surface area contributed by atoms with Gasteiger partial charge in [0.2, 0.25) is 5.28 Å². The van der Waals surface area contributed by atoms with E-state index in [4.69, 9.17) is 11.6 Å². The molecule has 0 aliphatic carbocycles. The molecule has 0 fully saturated rings. The molecule has 0 aliphatic rings. The number of nitrogens with zero attached hydrogens (tertiary/aromatic N) is 2. The van der Waals surface area contributed by atoms with Crippen LogP contribution < -0.4 is 0 Å². The van der Waals surface area contributed by atoms with Crippen molar-refractivity contribution < 1.29 is 57.5 Å². The minimum Gasteiger partial charge on any atom is -0.465 e. The maximum absolute atomic E-state index is 14.8. The molecular formula is C34H23ClF6N2O7S2. The molecule has 0 amide bonds. The van der Waals surface area contributed by atoms with Crippen LogP contribution in [0, 0.1) is 34.9 Å². The summed E-state index contributed by atoms with van der Waals surface area (Å²) >= 11 is 5.65. The minimum absolute atomic E-state index is 0.0810. The molecule has 5 aromatic rings. The zero-order chi connectivity index (χ0) is 38.4. The fourth-order valence-electron chi connectivity index (χ4n) is 4.71. The summed E-state index contributed by atoms with van der Waals surface area (Å²) in [5.74, 6) is -11.0. The fourth-order valence-corrected chi connectivity index (χ4v) is 7.89. The molecule has 1 aromatic heterocycles. The number of hydrogen-bond donors (Lipinski definition) is 0. The highest BCUT2D eigenvalue weighted by atomic mass is 35.5. The average Bonchev–Trinajstić information content (AvgIpc) is 3.06. The molecular weight excluding hydrogens is 762 g/mol. The van der Waals surface area contributed by atoms with Crippen molar-refractivity contribution in [1.82, 2.24) is 9.97 Å². The molecule has 0 atom stereocenters. The monoisotopic (exact) mass is 784 g/mol. The second kappa shape index (κ2) is 16.5. The SMILES string of the molecule is COC(=O)c1cccc(CS(=O)(=O)c2c(F)cccc2F)c1F.O=C(Cc1ccnc(Cl)n1)c1cccc(CS(=O)(=O)c2c(F)cccc2F)c1F. The first kappa shape index (κ1) is 39.7. The highest BCUT2D eigenvalue weighted by Gasteiger charge is 2.28. The van der Waals surface area contributed by atoms with Crippen LogP contribution in [0.1, 0.15) is 37.5 Å². The first-order valence-electron chi connectivity index (χ1n) is 14.4. The Morgan fingerprint density at radius 3 is 1.52 bits per heavy atom. The van der Waals surface area contributed by atoms with Gasteiger partial charge in [-0.1, -0.05) is 36.4 Å². The number of aromatic nitrogens is 2. The van der Waals surface area contributed by atoms with Crippen molar-refractivity contribution in [2.75, 3.05) is 7.11 Å². The number of ketones is 1. The molecule has 0 bridgehead atoms. The van der Waals surface area contributed by atoms with Crippen molar-refractivity contribution in [2.24, 2.45) is 0 Å². The van der Waals surface area contributed by atoms with Gasteiger partial charge in [0.15, 0.2) is 25.5 Å². The summed E-state index contributed by atoms with van der Waals surface area (Å²) in [4.78, 5) is 29.1. The van der Waals surface area contributed by atoms with E-state index in [2.05, 4.69) is 14.7 Å². The zero-order valence-electron chi connectivity index (χ0n) is 26.4. The molecule has 0 N–H and O–H groups in total. The van der Waals surface area contributed by atoms with Gasteiger partial charge in [0.05, 0.1) is 41.9 Å². The highest BCUT2D eigenvalue weighted by Crippen LogP contribution is 2.27. The Hall–Kier alpha value is -5.13. The molecule has 4 aromatic carbocycles. The van der Waals surface area contributed by atoms with Gasteiger partial charge in [-0.2, -0.15) is 0 Å². The lowest BCUT2D eigenvalue weighted by molar-refractivity contribution is 0.0595. The van der Waals surface area contributed by atoms with Gasteiger partial charge in [0, 0.05) is 17.3 Å². The van der Waals surface area contributed by atoms with E-state index in [-0.39, 0.29) is 28.5 Å². The summed E-state index contributed by atoms with van der Waals surface area (Å²) in [5.41, 5.74) is -1.37. The number of carbonyl (C=O) groups excluding carboxylic acids is 2. The fraction of sp³-hybridized carbons (Fsp3) is 0.118. The molecule has 0 radical (unpaired) electrons. The van der Waals surface area contributed by atoms with Crippen LogP contribution in [0.3, 0.4) is 0 Å².